The molecule has 2 N–H and O–H groups in total. The Morgan fingerprint density at radius 3 is 1.97 bits per heavy atom. The van der Waals surface area contributed by atoms with Gasteiger partial charge in [-0.15, -0.1) is 0 Å². The monoisotopic (exact) mass is 520 g/mol. The van der Waals surface area contributed by atoms with Crippen molar-refractivity contribution in [2.24, 2.45) is 11.3 Å². The molecule has 0 bridgehead atoms. The average Bonchev–Trinajstić information content (AvgIpc) is 2.78. The zero-order valence-corrected chi connectivity index (χ0v) is 22.5. The van der Waals surface area contributed by atoms with E-state index in [1.165, 1.54) is 34.8 Å². The van der Waals surface area contributed by atoms with Crippen LogP contribution in [0.1, 0.15) is 83.6 Å². The lowest BCUT2D eigenvalue weighted by molar-refractivity contribution is -0.229. The fourth-order valence-corrected chi connectivity index (χ4v) is 6.43. The fraction of sp³-hybridized carbons (Fsp3) is 0.630. The van der Waals surface area contributed by atoms with Gasteiger partial charge in [-0.05, 0) is 30.0 Å². The summed E-state index contributed by atoms with van der Waals surface area (Å²) in [5, 5.41) is 23.0. The van der Waals surface area contributed by atoms with Gasteiger partial charge in [0.2, 0.25) is 0 Å². The zero-order chi connectivity index (χ0) is 28.0. The van der Waals surface area contributed by atoms with Crippen LogP contribution < -0.4 is 0 Å². The largest absolute Gasteiger partial charge is 0.508 e. The van der Waals surface area contributed by atoms with E-state index in [0.717, 1.165) is 5.56 Å². The second-order valence-electron chi connectivity index (χ2n) is 10.6. The van der Waals surface area contributed by atoms with Gasteiger partial charge in [0.15, 0.2) is 0 Å². The number of hydrogen-bond acceptors (Lipinski definition) is 10. The number of aliphatic hydroxyl groups excluding tert-OH is 1. The van der Waals surface area contributed by atoms with Crippen LogP contribution in [0.4, 0.5) is 0 Å². The van der Waals surface area contributed by atoms with E-state index in [0.29, 0.717) is 5.56 Å². The van der Waals surface area contributed by atoms with E-state index in [-0.39, 0.29) is 23.7 Å². The number of methoxy groups -OCH3 is 1. The van der Waals surface area contributed by atoms with Crippen molar-refractivity contribution in [2.75, 3.05) is 7.11 Å². The Kier molecular flexibility index (Phi) is 7.66. The maximum atomic E-state index is 13.5. The zero-order valence-electron chi connectivity index (χ0n) is 22.5. The first-order chi connectivity index (χ1) is 17.1. The first-order valence-corrected chi connectivity index (χ1v) is 12.3. The average molecular weight is 521 g/mol. The topological polar surface area (TPSA) is 146 Å². The number of rotatable bonds is 5. The van der Waals surface area contributed by atoms with Crippen LogP contribution >= 0.6 is 0 Å². The van der Waals surface area contributed by atoms with Crippen molar-refractivity contribution in [3.8, 4) is 5.75 Å². The lowest BCUT2D eigenvalue weighted by Crippen LogP contribution is -2.70. The van der Waals surface area contributed by atoms with Gasteiger partial charge in [0.05, 0.1) is 7.11 Å². The number of phenolic OH excluding ortho intramolecular Hbond substituents is 1. The molecule has 0 amide bonds. The molecule has 7 atom stereocenters. The highest BCUT2D eigenvalue weighted by atomic mass is 16.6. The molecule has 10 nitrogen and oxygen atoms in total. The minimum Gasteiger partial charge on any atom is -0.508 e. The number of carbonyl (C=O) groups excluding carboxylic acids is 4. The van der Waals surface area contributed by atoms with Gasteiger partial charge in [-0.2, -0.15) is 0 Å². The molecule has 204 valence electrons. The van der Waals surface area contributed by atoms with E-state index in [1.807, 2.05) is 13.8 Å². The van der Waals surface area contributed by atoms with Crippen LogP contribution in [0.5, 0.6) is 5.75 Å². The second kappa shape index (κ2) is 9.96. The molecule has 1 aromatic carbocycles. The summed E-state index contributed by atoms with van der Waals surface area (Å²) in [6.45, 7) is 10.6. The standard InChI is InChI=1S/C27H36O10/c1-12(2)16-9-17-21(18(31)10-16)26(6)19(35-13(3)28)11-20(36-14(4)29)27(7,25(33)34-8)24(26)23(22(17)32)37-15(5)30/h9-10,12,19-20,22-24,31-32H,11H2,1-8H3/t19-,20+,22-,23+,24+,26+,27+/m0/s1. The number of fused-ring (bicyclic) bond motifs is 3. The van der Waals surface area contributed by atoms with Crippen molar-refractivity contribution in [1.29, 1.82) is 0 Å². The molecule has 0 heterocycles. The molecule has 1 aromatic rings. The Labute approximate surface area is 216 Å². The minimum atomic E-state index is -1.67. The van der Waals surface area contributed by atoms with Crippen LogP contribution in [0, 0.1) is 11.3 Å². The fourth-order valence-electron chi connectivity index (χ4n) is 6.43. The molecule has 2 aliphatic carbocycles. The lowest BCUT2D eigenvalue weighted by atomic mass is 9.46. The van der Waals surface area contributed by atoms with Crippen molar-refractivity contribution in [2.45, 2.75) is 90.6 Å². The Morgan fingerprint density at radius 1 is 0.946 bits per heavy atom. The summed E-state index contributed by atoms with van der Waals surface area (Å²) in [6.07, 6.45) is -5.09. The molecule has 0 aromatic heterocycles. The van der Waals surface area contributed by atoms with Gasteiger partial charge in [-0.25, -0.2) is 0 Å². The number of carbonyl (C=O) groups is 4. The van der Waals surface area contributed by atoms with Crippen LogP contribution in [0.15, 0.2) is 12.1 Å². The maximum Gasteiger partial charge on any atom is 0.315 e. The SMILES string of the molecule is COC(=O)[C@]1(C)[C@H](OC(C)=O)C[C@H](OC(C)=O)[C@]2(C)c3c(O)cc(C(C)C)cc3[C@H](O)[C@@H](OC(C)=O)[C@@H]12. The van der Waals surface area contributed by atoms with Crippen LogP contribution in [0.2, 0.25) is 0 Å². The highest BCUT2D eigenvalue weighted by Crippen LogP contribution is 2.63. The van der Waals surface area contributed by atoms with Gasteiger partial charge >= 0.3 is 23.9 Å². The summed E-state index contributed by atoms with van der Waals surface area (Å²) < 4.78 is 22.1. The quantitative estimate of drug-likeness (QED) is 0.439. The summed E-state index contributed by atoms with van der Waals surface area (Å²) in [5.41, 5.74) is -1.76. The number of aromatic hydroxyl groups is 1. The first kappa shape index (κ1) is 28.4. The summed E-state index contributed by atoms with van der Waals surface area (Å²) in [7, 11) is 1.17. The lowest BCUT2D eigenvalue weighted by Gasteiger charge is -2.61. The number of esters is 4. The van der Waals surface area contributed by atoms with Gasteiger partial charge in [0.25, 0.3) is 0 Å². The Bertz CT molecular complexity index is 1110. The third-order valence-electron chi connectivity index (χ3n) is 7.94. The molecule has 37 heavy (non-hydrogen) atoms. The van der Waals surface area contributed by atoms with E-state index >= 15 is 0 Å². The van der Waals surface area contributed by atoms with E-state index in [1.54, 1.807) is 19.1 Å². The number of aliphatic hydroxyl groups is 1. The van der Waals surface area contributed by atoms with E-state index in [2.05, 4.69) is 0 Å². The van der Waals surface area contributed by atoms with Crippen LogP contribution in [-0.4, -0.2) is 59.5 Å². The second-order valence-corrected chi connectivity index (χ2v) is 10.6. The number of hydrogen-bond donors (Lipinski definition) is 2. The Balaban J connectivity index is 2.46. The maximum absolute atomic E-state index is 13.5. The van der Waals surface area contributed by atoms with Crippen molar-refractivity contribution in [1.82, 2.24) is 0 Å². The number of phenols is 1. The molecular formula is C27H36O10. The molecule has 0 saturated heterocycles. The molecule has 0 radical (unpaired) electrons. The molecule has 0 aliphatic heterocycles. The van der Waals surface area contributed by atoms with Crippen molar-refractivity contribution in [3.05, 3.63) is 28.8 Å². The molecule has 3 rings (SSSR count). The van der Waals surface area contributed by atoms with E-state index < -0.39 is 65.0 Å². The van der Waals surface area contributed by atoms with Gasteiger partial charge in [-0.3, -0.25) is 19.2 Å². The number of benzene rings is 1. The highest BCUT2D eigenvalue weighted by Gasteiger charge is 2.71. The summed E-state index contributed by atoms with van der Waals surface area (Å²) in [5.74, 6) is -4.13. The van der Waals surface area contributed by atoms with Crippen molar-refractivity contribution in [3.63, 3.8) is 0 Å². The number of ether oxygens (including phenoxy) is 4. The van der Waals surface area contributed by atoms with E-state index in [9.17, 15) is 29.4 Å². The third-order valence-corrected chi connectivity index (χ3v) is 7.94. The van der Waals surface area contributed by atoms with E-state index in [4.69, 9.17) is 18.9 Å². The van der Waals surface area contributed by atoms with Crippen LogP contribution in [-0.2, 0) is 43.5 Å². The Hall–Kier alpha value is -3.14. The summed E-state index contributed by atoms with van der Waals surface area (Å²) >= 11 is 0. The van der Waals surface area contributed by atoms with Gasteiger partial charge in [0, 0.05) is 44.1 Å². The summed E-state index contributed by atoms with van der Waals surface area (Å²) in [4.78, 5) is 50.1. The molecule has 10 heteroatoms. The molecule has 2 aliphatic rings. The summed E-state index contributed by atoms with van der Waals surface area (Å²) in [6, 6.07) is 3.30. The van der Waals surface area contributed by atoms with Crippen LogP contribution in [0.3, 0.4) is 0 Å². The minimum absolute atomic E-state index is 0.00888. The van der Waals surface area contributed by atoms with Crippen molar-refractivity contribution >= 4 is 23.9 Å². The molecule has 1 saturated carbocycles. The van der Waals surface area contributed by atoms with Crippen molar-refractivity contribution < 1.29 is 48.3 Å². The molecular weight excluding hydrogens is 484 g/mol. The predicted octanol–water partition coefficient (Wildman–Crippen LogP) is 2.81. The smallest absolute Gasteiger partial charge is 0.315 e. The van der Waals surface area contributed by atoms with Gasteiger partial charge < -0.3 is 29.2 Å². The predicted molar refractivity (Wildman–Crippen MR) is 129 cm³/mol. The first-order valence-electron chi connectivity index (χ1n) is 12.3. The normalized spacial score (nSPS) is 32.5. The van der Waals surface area contributed by atoms with Gasteiger partial charge in [0.1, 0.15) is 35.6 Å². The third kappa shape index (κ3) is 4.56. The molecule has 0 spiro atoms. The van der Waals surface area contributed by atoms with Gasteiger partial charge in [-0.1, -0.05) is 26.8 Å². The molecule has 1 fully saturated rings. The molecule has 0 unspecified atom stereocenters. The Morgan fingerprint density at radius 2 is 1.49 bits per heavy atom. The highest BCUT2D eigenvalue weighted by molar-refractivity contribution is 5.80. The van der Waals surface area contributed by atoms with Crippen LogP contribution in [0.25, 0.3) is 0 Å².